The fourth-order valence-electron chi connectivity index (χ4n) is 2.19. The molecule has 118 valence electrons. The molecule has 0 aliphatic carbocycles. The lowest BCUT2D eigenvalue weighted by molar-refractivity contribution is 0.135. The van der Waals surface area contributed by atoms with Gasteiger partial charge < -0.3 is 10.0 Å². The van der Waals surface area contributed by atoms with Crippen LogP contribution in [0.4, 0.5) is 0 Å². The average molecular weight is 378 g/mol. The number of rotatable bonds is 4. The summed E-state index contributed by atoms with van der Waals surface area (Å²) in [6.45, 7) is 4.48. The second-order valence-electron chi connectivity index (χ2n) is 5.24. The Morgan fingerprint density at radius 3 is 2.48 bits per heavy atom. The first-order valence-corrected chi connectivity index (χ1v) is 8.97. The van der Waals surface area contributed by atoms with Crippen molar-refractivity contribution in [3.05, 3.63) is 27.7 Å². The van der Waals surface area contributed by atoms with Gasteiger partial charge in [-0.3, -0.25) is 0 Å². The first-order valence-electron chi connectivity index (χ1n) is 6.69. The van der Waals surface area contributed by atoms with Crippen LogP contribution in [0.2, 0.25) is 0 Å². The summed E-state index contributed by atoms with van der Waals surface area (Å²) >= 11 is 3.34. The van der Waals surface area contributed by atoms with Crippen molar-refractivity contribution in [2.75, 3.05) is 33.2 Å². The summed E-state index contributed by atoms with van der Waals surface area (Å²) in [5, 5.41) is 11.0. The quantitative estimate of drug-likeness (QED) is 0.807. The molecule has 0 amide bonds. The smallest absolute Gasteiger partial charge is 0.253 e. The summed E-state index contributed by atoms with van der Waals surface area (Å²) in [5.41, 5.74) is 1.19. The highest BCUT2D eigenvalue weighted by Gasteiger charge is 2.24. The number of benzene rings is 1. The number of aliphatic hydroxyl groups excluding tert-OH is 1. The van der Waals surface area contributed by atoms with E-state index in [-0.39, 0.29) is 11.5 Å². The predicted molar refractivity (Wildman–Crippen MR) is 84.2 cm³/mol. The maximum atomic E-state index is 12.6. The Balaban J connectivity index is 2.25. The number of piperazine rings is 1. The minimum absolute atomic E-state index is 0.194. The van der Waals surface area contributed by atoms with Gasteiger partial charge in [-0.2, -0.15) is 0 Å². The second-order valence-corrected chi connectivity index (χ2v) is 7.73. The first kappa shape index (κ1) is 16.9. The lowest BCUT2D eigenvalue weighted by Gasteiger charge is -2.32. The van der Waals surface area contributed by atoms with E-state index in [1.807, 2.05) is 7.05 Å². The lowest BCUT2D eigenvalue weighted by Crippen LogP contribution is -2.52. The van der Waals surface area contributed by atoms with Crippen molar-refractivity contribution < 1.29 is 13.5 Å². The van der Waals surface area contributed by atoms with Crippen LogP contribution >= 0.6 is 15.9 Å². The van der Waals surface area contributed by atoms with E-state index in [1.165, 1.54) is 6.07 Å². The number of likely N-dealkylation sites (N-methyl/N-ethyl adjacent to an activating group) is 1. The largest absolute Gasteiger partial charge is 0.392 e. The van der Waals surface area contributed by atoms with E-state index in [9.17, 15) is 13.5 Å². The number of halogens is 1. The highest BCUT2D eigenvalue weighted by molar-refractivity contribution is 9.10. The minimum atomic E-state index is -3.65. The molecule has 0 spiro atoms. The monoisotopic (exact) mass is 377 g/mol. The van der Waals surface area contributed by atoms with E-state index in [1.54, 1.807) is 18.0 Å². The Morgan fingerprint density at radius 1 is 1.29 bits per heavy atom. The van der Waals surface area contributed by atoms with Crippen LogP contribution in [-0.4, -0.2) is 56.7 Å². The molecule has 21 heavy (non-hydrogen) atoms. The van der Waals surface area contributed by atoms with Gasteiger partial charge in [-0.25, -0.2) is 13.4 Å². The molecule has 1 aliphatic rings. The zero-order chi connectivity index (χ0) is 15.6. The third-order valence-corrected chi connectivity index (χ3v) is 5.91. The zero-order valence-corrected chi connectivity index (χ0v) is 14.5. The Bertz CT molecular complexity index is 613. The van der Waals surface area contributed by atoms with Gasteiger partial charge in [0.2, 0.25) is 0 Å². The molecule has 6 nitrogen and oxygen atoms in total. The van der Waals surface area contributed by atoms with E-state index in [0.717, 1.165) is 13.1 Å². The van der Waals surface area contributed by atoms with E-state index >= 15 is 0 Å². The van der Waals surface area contributed by atoms with Crippen LogP contribution in [0.3, 0.4) is 0 Å². The number of hydrogen-bond acceptors (Lipinski definition) is 5. The van der Waals surface area contributed by atoms with Gasteiger partial charge in [0.15, 0.2) is 0 Å². The third-order valence-electron chi connectivity index (χ3n) is 3.58. The molecule has 1 saturated heterocycles. The number of sulfonamides is 1. The second kappa shape index (κ2) is 6.72. The molecule has 2 rings (SSSR count). The van der Waals surface area contributed by atoms with Crippen molar-refractivity contribution >= 4 is 26.0 Å². The summed E-state index contributed by atoms with van der Waals surface area (Å²) < 4.78 is 25.8. The van der Waals surface area contributed by atoms with Crippen LogP contribution in [0.5, 0.6) is 0 Å². The molecule has 0 bridgehead atoms. The highest BCUT2D eigenvalue weighted by Crippen LogP contribution is 2.26. The van der Waals surface area contributed by atoms with Gasteiger partial charge >= 0.3 is 0 Å². The van der Waals surface area contributed by atoms with Crippen molar-refractivity contribution in [2.24, 2.45) is 0 Å². The van der Waals surface area contributed by atoms with E-state index in [2.05, 4.69) is 25.7 Å². The molecule has 0 radical (unpaired) electrons. The van der Waals surface area contributed by atoms with Gasteiger partial charge in [-0.15, -0.1) is 4.83 Å². The van der Waals surface area contributed by atoms with Crippen LogP contribution in [-0.2, 0) is 16.6 Å². The topological polar surface area (TPSA) is 72.9 Å². The molecule has 1 heterocycles. The standard InChI is InChI=1S/C13H20BrN3O3S/c1-10-12(14)7-11(9-18)8-13(10)21(19,20)15-17-5-3-16(2)4-6-17/h7-8,15,18H,3-6,9H2,1-2H3. The normalized spacial score (nSPS) is 18.1. The van der Waals surface area contributed by atoms with Gasteiger partial charge in [-0.05, 0) is 37.2 Å². The number of aliphatic hydroxyl groups is 1. The Kier molecular flexibility index (Phi) is 5.39. The van der Waals surface area contributed by atoms with Gasteiger partial charge in [0.1, 0.15) is 0 Å². The molecular formula is C13H20BrN3O3S. The van der Waals surface area contributed by atoms with Gasteiger partial charge in [-0.1, -0.05) is 15.9 Å². The number of nitrogens with zero attached hydrogens (tertiary/aromatic N) is 2. The lowest BCUT2D eigenvalue weighted by atomic mass is 10.2. The maximum Gasteiger partial charge on any atom is 0.253 e. The molecule has 0 unspecified atom stereocenters. The van der Waals surface area contributed by atoms with Crippen molar-refractivity contribution in [1.29, 1.82) is 0 Å². The molecular weight excluding hydrogens is 358 g/mol. The van der Waals surface area contributed by atoms with E-state index < -0.39 is 10.0 Å². The predicted octanol–water partition coefficient (Wildman–Crippen LogP) is 0.691. The van der Waals surface area contributed by atoms with E-state index in [0.29, 0.717) is 28.7 Å². The fourth-order valence-corrected chi connectivity index (χ4v) is 4.27. The number of nitrogens with one attached hydrogen (secondary N) is 1. The van der Waals surface area contributed by atoms with Crippen LogP contribution in [0, 0.1) is 6.92 Å². The molecule has 0 aromatic heterocycles. The number of hydrazine groups is 1. The van der Waals surface area contributed by atoms with Crippen molar-refractivity contribution in [2.45, 2.75) is 18.4 Å². The molecule has 8 heteroatoms. The summed E-state index contributed by atoms with van der Waals surface area (Å²) in [5.74, 6) is 0. The van der Waals surface area contributed by atoms with Crippen molar-refractivity contribution in [1.82, 2.24) is 14.7 Å². The molecule has 0 atom stereocenters. The maximum absolute atomic E-state index is 12.6. The molecule has 1 aromatic rings. The Hall–Kier alpha value is -0.510. The minimum Gasteiger partial charge on any atom is -0.392 e. The van der Waals surface area contributed by atoms with Crippen LogP contribution in [0.1, 0.15) is 11.1 Å². The Morgan fingerprint density at radius 2 is 1.90 bits per heavy atom. The van der Waals surface area contributed by atoms with Crippen molar-refractivity contribution in [3.63, 3.8) is 0 Å². The van der Waals surface area contributed by atoms with Gasteiger partial charge in [0, 0.05) is 30.7 Å². The summed E-state index contributed by atoms with van der Waals surface area (Å²) in [6.07, 6.45) is 0. The average Bonchev–Trinajstić information content (AvgIpc) is 2.43. The summed E-state index contributed by atoms with van der Waals surface area (Å²) in [7, 11) is -1.64. The zero-order valence-electron chi connectivity index (χ0n) is 12.1. The van der Waals surface area contributed by atoms with Crippen molar-refractivity contribution in [3.8, 4) is 0 Å². The molecule has 2 N–H and O–H groups in total. The van der Waals surface area contributed by atoms with Crippen LogP contribution < -0.4 is 4.83 Å². The third kappa shape index (κ3) is 4.02. The molecule has 1 aromatic carbocycles. The highest BCUT2D eigenvalue weighted by atomic mass is 79.9. The molecule has 1 aliphatic heterocycles. The SMILES string of the molecule is Cc1c(Br)cc(CO)cc1S(=O)(=O)NN1CCN(C)CC1. The summed E-state index contributed by atoms with van der Waals surface area (Å²) in [6, 6.07) is 3.24. The van der Waals surface area contributed by atoms with Crippen LogP contribution in [0.15, 0.2) is 21.5 Å². The Labute approximate surface area is 133 Å². The molecule has 0 saturated carbocycles. The van der Waals surface area contributed by atoms with E-state index in [4.69, 9.17) is 0 Å². The molecule has 1 fully saturated rings. The van der Waals surface area contributed by atoms with Gasteiger partial charge in [0.05, 0.1) is 11.5 Å². The fraction of sp³-hybridized carbons (Fsp3) is 0.538. The first-order chi connectivity index (χ1) is 9.83. The van der Waals surface area contributed by atoms with Crippen LogP contribution in [0.25, 0.3) is 0 Å². The van der Waals surface area contributed by atoms with Gasteiger partial charge in [0.25, 0.3) is 10.0 Å². The summed E-state index contributed by atoms with van der Waals surface area (Å²) in [4.78, 5) is 4.97. The number of hydrogen-bond donors (Lipinski definition) is 2.